The lowest BCUT2D eigenvalue weighted by molar-refractivity contribution is -0.137. The first-order valence-electron chi connectivity index (χ1n) is 16.1. The number of aromatic nitrogens is 3. The van der Waals surface area contributed by atoms with Crippen LogP contribution in [0, 0.1) is 5.82 Å². The molecule has 2 saturated carbocycles. The number of ether oxygens (including phenoxy) is 2. The smallest absolute Gasteiger partial charge is 0.418 e. The van der Waals surface area contributed by atoms with Crippen molar-refractivity contribution in [3.8, 4) is 23.1 Å². The third-order valence-corrected chi connectivity index (χ3v) is 11.2. The van der Waals surface area contributed by atoms with Gasteiger partial charge >= 0.3 is 12.2 Å². The van der Waals surface area contributed by atoms with Crippen molar-refractivity contribution in [2.75, 3.05) is 50.5 Å². The highest BCUT2D eigenvalue weighted by molar-refractivity contribution is 6.32. The van der Waals surface area contributed by atoms with Crippen molar-refractivity contribution in [3.05, 3.63) is 28.5 Å². The molecule has 8 rings (SSSR count). The molecule has 0 amide bonds. The Labute approximate surface area is 273 Å². The normalized spacial score (nSPS) is 25.9. The van der Waals surface area contributed by atoms with E-state index in [0.717, 1.165) is 57.2 Å². The van der Waals surface area contributed by atoms with Crippen LogP contribution in [0.5, 0.6) is 11.9 Å². The van der Waals surface area contributed by atoms with E-state index >= 15 is 4.39 Å². The molecule has 3 aliphatic heterocycles. The van der Waals surface area contributed by atoms with Crippen molar-refractivity contribution in [2.45, 2.75) is 80.3 Å². The fourth-order valence-electron chi connectivity index (χ4n) is 7.94. The Morgan fingerprint density at radius 2 is 1.91 bits per heavy atom. The minimum atomic E-state index is -4.94. The van der Waals surface area contributed by atoms with E-state index in [4.69, 9.17) is 31.8 Å². The lowest BCUT2D eigenvalue weighted by Crippen LogP contribution is -2.49. The van der Waals surface area contributed by atoms with Gasteiger partial charge in [-0.05, 0) is 64.3 Å². The number of nitrogens with zero attached hydrogens (tertiary/aromatic N) is 5. The SMILES string of the molecule is CNC1(CN2c3nc(OC[C@@]45CCCN4C[C@H](F)C5)nc4c(F)c(-c5cc(N)cc(Cl)c5C(F)(F)F)nc(c34)OCCC23CC3)CC1. The molecule has 0 unspecified atom stereocenters. The summed E-state index contributed by atoms with van der Waals surface area (Å²) in [7, 11) is 1.91. The molecule has 1 spiro atoms. The second-order valence-electron chi connectivity index (χ2n) is 13.9. The number of halogens is 6. The quantitative estimate of drug-likeness (QED) is 0.233. The summed E-state index contributed by atoms with van der Waals surface area (Å²) in [6.07, 6.45) is 0.265. The maximum atomic E-state index is 16.9. The number of nitrogen functional groups attached to an aromatic ring is 1. The van der Waals surface area contributed by atoms with Gasteiger partial charge in [0.05, 0.1) is 22.7 Å². The molecule has 2 aromatic heterocycles. The van der Waals surface area contributed by atoms with Crippen LogP contribution in [0.15, 0.2) is 12.1 Å². The van der Waals surface area contributed by atoms with Gasteiger partial charge in [0.1, 0.15) is 35.2 Å². The second-order valence-corrected chi connectivity index (χ2v) is 14.3. The number of benzene rings is 1. The van der Waals surface area contributed by atoms with Gasteiger partial charge < -0.3 is 25.4 Å². The van der Waals surface area contributed by atoms with Crippen molar-refractivity contribution < 1.29 is 31.4 Å². The number of pyridine rings is 1. The van der Waals surface area contributed by atoms with E-state index in [9.17, 15) is 17.6 Å². The van der Waals surface area contributed by atoms with E-state index in [1.165, 1.54) is 0 Å². The number of nitrogens with one attached hydrogen (secondary N) is 1. The third kappa shape index (κ3) is 5.13. The predicted octanol–water partition coefficient (Wildman–Crippen LogP) is 5.91. The van der Waals surface area contributed by atoms with Crippen molar-refractivity contribution in [1.82, 2.24) is 25.2 Å². The number of hydrogen-bond donors (Lipinski definition) is 2. The monoisotopic (exact) mass is 679 g/mol. The Hall–Kier alpha value is -3.23. The van der Waals surface area contributed by atoms with Crippen LogP contribution < -0.4 is 25.4 Å². The van der Waals surface area contributed by atoms with Crippen LogP contribution in [0.2, 0.25) is 5.02 Å². The number of anilines is 2. The summed E-state index contributed by atoms with van der Waals surface area (Å²) in [5, 5.41) is 2.90. The van der Waals surface area contributed by atoms with E-state index in [2.05, 4.69) is 25.1 Å². The van der Waals surface area contributed by atoms with Crippen molar-refractivity contribution >= 4 is 34.0 Å². The number of rotatable bonds is 7. The fourth-order valence-corrected chi connectivity index (χ4v) is 8.28. The number of fused-ring (bicyclic) bond motifs is 1. The fraction of sp³-hybridized carbons (Fsp3) is 0.594. The molecule has 2 atom stereocenters. The first-order valence-corrected chi connectivity index (χ1v) is 16.4. The molecule has 0 radical (unpaired) electrons. The molecule has 3 N–H and O–H groups in total. The van der Waals surface area contributed by atoms with Crippen molar-refractivity contribution in [2.24, 2.45) is 0 Å². The van der Waals surface area contributed by atoms with E-state index in [0.29, 0.717) is 31.7 Å². The standard InChI is InChI=1S/C32H35ClF5N7O2/c1-40-29(4-5-29)15-45-26-21-25(42-28(43-26)47-16-31-3-2-9-44(31)14-17(34)13-31)23(35)24(41-27(21)46-10-8-30(45)6-7-30)19-11-18(39)12-20(33)22(19)32(36,37)38/h11-12,17,40H,2-10,13-16,39H2,1H3/t17-,31+/m1/s1. The van der Waals surface area contributed by atoms with Crippen LogP contribution in [-0.4, -0.2) is 82.5 Å². The Kier molecular flexibility index (Phi) is 7.03. The molecule has 4 fully saturated rings. The summed E-state index contributed by atoms with van der Waals surface area (Å²) in [5.41, 5.74) is 1.99. The third-order valence-electron chi connectivity index (χ3n) is 10.9. The lowest BCUT2D eigenvalue weighted by Gasteiger charge is -2.38. The Balaban J connectivity index is 1.33. The Morgan fingerprint density at radius 3 is 2.62 bits per heavy atom. The minimum absolute atomic E-state index is 0.0870. The molecule has 3 aromatic rings. The summed E-state index contributed by atoms with van der Waals surface area (Å²) >= 11 is 6.05. The number of hydrogen-bond acceptors (Lipinski definition) is 9. The molecule has 2 saturated heterocycles. The maximum absolute atomic E-state index is 16.9. The zero-order valence-electron chi connectivity index (χ0n) is 25.8. The highest BCUT2D eigenvalue weighted by atomic mass is 35.5. The van der Waals surface area contributed by atoms with Crippen molar-refractivity contribution in [3.63, 3.8) is 0 Å². The second kappa shape index (κ2) is 10.6. The molecule has 15 heteroatoms. The van der Waals surface area contributed by atoms with Crippen LogP contribution in [0.1, 0.15) is 56.9 Å². The van der Waals surface area contributed by atoms with E-state index < -0.39 is 45.5 Å². The van der Waals surface area contributed by atoms with Gasteiger partial charge in [0.2, 0.25) is 5.88 Å². The summed E-state index contributed by atoms with van der Waals surface area (Å²) in [5.74, 6) is -0.844. The summed E-state index contributed by atoms with van der Waals surface area (Å²) in [6, 6.07) is 1.82. The largest absolute Gasteiger partial charge is 0.477 e. The topological polar surface area (TPSA) is 102 Å². The summed E-state index contributed by atoms with van der Waals surface area (Å²) in [6.45, 7) is 1.95. The zero-order chi connectivity index (χ0) is 32.9. The molecule has 47 heavy (non-hydrogen) atoms. The van der Waals surface area contributed by atoms with Gasteiger partial charge in [-0.3, -0.25) is 4.90 Å². The minimum Gasteiger partial charge on any atom is -0.477 e. The average molecular weight is 680 g/mol. The molecule has 0 bridgehead atoms. The molecular formula is C32H35ClF5N7O2. The molecule has 2 aliphatic carbocycles. The van der Waals surface area contributed by atoms with Crippen molar-refractivity contribution in [1.29, 1.82) is 0 Å². The van der Waals surface area contributed by atoms with Gasteiger partial charge in [0.25, 0.3) is 0 Å². The van der Waals surface area contributed by atoms with Gasteiger partial charge in [0.15, 0.2) is 5.82 Å². The van der Waals surface area contributed by atoms with Gasteiger partial charge in [0, 0.05) is 48.3 Å². The highest BCUT2D eigenvalue weighted by Gasteiger charge is 2.55. The first-order chi connectivity index (χ1) is 22.4. The molecule has 5 aliphatic rings. The van der Waals surface area contributed by atoms with E-state index in [1.54, 1.807) is 0 Å². The molecule has 5 heterocycles. The molecular weight excluding hydrogens is 645 g/mol. The zero-order valence-corrected chi connectivity index (χ0v) is 26.6. The van der Waals surface area contributed by atoms with Crippen LogP contribution in [0.25, 0.3) is 22.2 Å². The van der Waals surface area contributed by atoms with Gasteiger partial charge in [-0.1, -0.05) is 11.6 Å². The average Bonchev–Trinajstić information content (AvgIpc) is 3.90. The van der Waals surface area contributed by atoms with Crippen LogP contribution in [0.3, 0.4) is 0 Å². The first kappa shape index (κ1) is 31.1. The van der Waals surface area contributed by atoms with Gasteiger partial charge in [-0.2, -0.15) is 23.1 Å². The maximum Gasteiger partial charge on any atom is 0.418 e. The number of alkyl halides is 4. The molecule has 1 aromatic carbocycles. The summed E-state index contributed by atoms with van der Waals surface area (Å²) < 4.78 is 86.8. The van der Waals surface area contributed by atoms with E-state index in [1.807, 2.05) is 7.05 Å². The highest BCUT2D eigenvalue weighted by Crippen LogP contribution is 2.53. The van der Waals surface area contributed by atoms with E-state index in [-0.39, 0.29) is 52.8 Å². The van der Waals surface area contributed by atoms with Gasteiger partial charge in [-0.15, -0.1) is 0 Å². The van der Waals surface area contributed by atoms with Crippen LogP contribution >= 0.6 is 11.6 Å². The Bertz CT molecular complexity index is 1770. The predicted molar refractivity (Wildman–Crippen MR) is 166 cm³/mol. The van der Waals surface area contributed by atoms with Crippen LogP contribution in [0.4, 0.5) is 33.5 Å². The lowest BCUT2D eigenvalue weighted by atomic mass is 9.95. The van der Waals surface area contributed by atoms with Gasteiger partial charge in [-0.25, -0.2) is 13.8 Å². The Morgan fingerprint density at radius 1 is 1.13 bits per heavy atom. The molecule has 9 nitrogen and oxygen atoms in total. The number of likely N-dealkylation sites (N-methyl/N-ethyl adjacent to an activating group) is 1. The summed E-state index contributed by atoms with van der Waals surface area (Å²) in [4.78, 5) is 18.0. The van der Waals surface area contributed by atoms with Crippen LogP contribution in [-0.2, 0) is 6.18 Å². The molecule has 252 valence electrons. The number of nitrogens with two attached hydrogens (primary N) is 1.